The second-order valence-electron chi connectivity index (χ2n) is 4.35. The lowest BCUT2D eigenvalue weighted by Crippen LogP contribution is -2.41. The third-order valence-electron chi connectivity index (χ3n) is 2.56. The van der Waals surface area contributed by atoms with Gasteiger partial charge in [0.1, 0.15) is 16.8 Å². The summed E-state index contributed by atoms with van der Waals surface area (Å²) in [6.45, 7) is 7.85. The molecular formula is C11H22O4S2. The molecule has 0 amide bonds. The van der Waals surface area contributed by atoms with Gasteiger partial charge in [0.05, 0.1) is 6.61 Å². The fourth-order valence-electron chi connectivity index (χ4n) is 1.72. The molecule has 1 aliphatic heterocycles. The molecule has 1 heterocycles. The van der Waals surface area contributed by atoms with Crippen LogP contribution in [0.15, 0.2) is 0 Å². The van der Waals surface area contributed by atoms with Gasteiger partial charge in [0.15, 0.2) is 5.79 Å². The lowest BCUT2D eigenvalue weighted by molar-refractivity contribution is -0.149. The maximum absolute atomic E-state index is 11.9. The third-order valence-corrected chi connectivity index (χ3v) is 5.92. The number of thioether (sulfide) groups is 1. The van der Waals surface area contributed by atoms with Crippen LogP contribution in [0.2, 0.25) is 0 Å². The first-order valence-corrected chi connectivity index (χ1v) is 8.33. The minimum atomic E-state index is -1.04. The maximum Gasteiger partial charge on any atom is 0.163 e. The van der Waals surface area contributed by atoms with Crippen molar-refractivity contribution in [1.29, 1.82) is 0 Å². The minimum absolute atomic E-state index is 0.299. The first kappa shape index (κ1) is 15.4. The van der Waals surface area contributed by atoms with Gasteiger partial charge in [-0.1, -0.05) is 13.8 Å². The van der Waals surface area contributed by atoms with Gasteiger partial charge in [-0.05, 0) is 19.6 Å². The van der Waals surface area contributed by atoms with Gasteiger partial charge in [-0.15, -0.1) is 11.8 Å². The van der Waals surface area contributed by atoms with Gasteiger partial charge in [0.2, 0.25) is 0 Å². The van der Waals surface area contributed by atoms with Gasteiger partial charge in [0, 0.05) is 16.6 Å². The van der Waals surface area contributed by atoms with E-state index in [1.807, 2.05) is 27.7 Å². The largest absolute Gasteiger partial charge is 0.388 e. The van der Waals surface area contributed by atoms with E-state index in [1.165, 1.54) is 11.8 Å². The normalized spacial score (nSPS) is 28.9. The van der Waals surface area contributed by atoms with E-state index in [-0.39, 0.29) is 10.7 Å². The molecule has 1 fully saturated rings. The van der Waals surface area contributed by atoms with Crippen LogP contribution in [-0.2, 0) is 20.3 Å². The van der Waals surface area contributed by atoms with Crippen LogP contribution in [-0.4, -0.2) is 50.0 Å². The van der Waals surface area contributed by atoms with E-state index >= 15 is 0 Å². The van der Waals surface area contributed by atoms with Crippen molar-refractivity contribution in [3.05, 3.63) is 0 Å². The molecule has 4 atom stereocenters. The Hall–Kier alpha value is 0.380. The highest BCUT2D eigenvalue weighted by Crippen LogP contribution is 2.29. The highest BCUT2D eigenvalue weighted by Gasteiger charge is 2.41. The smallest absolute Gasteiger partial charge is 0.163 e. The monoisotopic (exact) mass is 282 g/mol. The first-order chi connectivity index (χ1) is 7.91. The van der Waals surface area contributed by atoms with Crippen molar-refractivity contribution >= 4 is 22.6 Å². The fourth-order valence-corrected chi connectivity index (χ4v) is 4.66. The summed E-state index contributed by atoms with van der Waals surface area (Å²) in [5.74, 6) is 0.719. The molecule has 1 N–H and O–H groups in total. The van der Waals surface area contributed by atoms with Gasteiger partial charge in [0.25, 0.3) is 0 Å². The van der Waals surface area contributed by atoms with Gasteiger partial charge < -0.3 is 14.6 Å². The zero-order valence-electron chi connectivity index (χ0n) is 10.8. The summed E-state index contributed by atoms with van der Waals surface area (Å²) in [7, 11) is -1.04. The zero-order valence-corrected chi connectivity index (χ0v) is 12.5. The van der Waals surface area contributed by atoms with Crippen molar-refractivity contribution < 1.29 is 18.8 Å². The van der Waals surface area contributed by atoms with Crippen LogP contribution < -0.4 is 0 Å². The van der Waals surface area contributed by atoms with E-state index in [9.17, 15) is 9.32 Å². The number of hydrogen-bond acceptors (Lipinski definition) is 5. The number of ether oxygens (including phenoxy) is 2. The molecule has 0 aromatic rings. The van der Waals surface area contributed by atoms with Crippen molar-refractivity contribution in [2.24, 2.45) is 0 Å². The average Bonchev–Trinajstić information content (AvgIpc) is 2.64. The Morgan fingerprint density at radius 2 is 2.18 bits per heavy atom. The van der Waals surface area contributed by atoms with Crippen molar-refractivity contribution in [1.82, 2.24) is 0 Å². The quantitative estimate of drug-likeness (QED) is 0.797. The minimum Gasteiger partial charge on any atom is -0.388 e. The van der Waals surface area contributed by atoms with Gasteiger partial charge in [-0.3, -0.25) is 4.21 Å². The van der Waals surface area contributed by atoms with Crippen LogP contribution in [0.25, 0.3) is 0 Å². The molecule has 0 radical (unpaired) electrons. The molecule has 1 saturated heterocycles. The third kappa shape index (κ3) is 4.21. The molecule has 0 spiro atoms. The number of hydrogen-bond donors (Lipinski definition) is 1. The van der Waals surface area contributed by atoms with Crippen LogP contribution >= 0.6 is 11.8 Å². The predicted molar refractivity (Wildman–Crippen MR) is 71.5 cm³/mol. The number of aliphatic hydroxyl groups excluding tert-OH is 1. The van der Waals surface area contributed by atoms with E-state index in [0.717, 1.165) is 5.75 Å². The number of rotatable bonds is 6. The van der Waals surface area contributed by atoms with Crippen molar-refractivity contribution in [2.75, 3.05) is 18.1 Å². The van der Waals surface area contributed by atoms with Crippen LogP contribution in [0.1, 0.15) is 27.7 Å². The standard InChI is InChI=1S/C11H22O4S2/c1-5-16-10(17(13)6-2)9(12)8-7-14-11(3,4)15-8/h8-10,12H,5-7H2,1-4H3/t8-,9-,10-,17?/m1/s1. The Labute approximate surface area is 110 Å². The molecule has 1 aliphatic rings. The summed E-state index contributed by atoms with van der Waals surface area (Å²) in [6, 6.07) is 0. The molecule has 6 heteroatoms. The van der Waals surface area contributed by atoms with E-state index in [4.69, 9.17) is 9.47 Å². The van der Waals surface area contributed by atoms with Crippen LogP contribution in [0.5, 0.6) is 0 Å². The summed E-state index contributed by atoms with van der Waals surface area (Å²) in [5, 5.41) is 10.3. The summed E-state index contributed by atoms with van der Waals surface area (Å²) in [4.78, 5) is 0. The molecule has 0 aromatic heterocycles. The molecule has 0 bridgehead atoms. The Balaban J connectivity index is 2.65. The Bertz CT molecular complexity index is 270. The molecule has 0 aliphatic carbocycles. The predicted octanol–water partition coefficient (Wildman–Crippen LogP) is 1.35. The average molecular weight is 282 g/mol. The summed E-state index contributed by atoms with van der Waals surface area (Å²) < 4.78 is 22.6. The molecular weight excluding hydrogens is 260 g/mol. The van der Waals surface area contributed by atoms with Crippen LogP contribution in [0.4, 0.5) is 0 Å². The lowest BCUT2D eigenvalue weighted by atomic mass is 10.2. The topological polar surface area (TPSA) is 55.8 Å². The summed E-state index contributed by atoms with van der Waals surface area (Å²) >= 11 is 1.52. The maximum atomic E-state index is 11.9. The molecule has 102 valence electrons. The summed E-state index contributed by atoms with van der Waals surface area (Å²) in [6.07, 6.45) is -1.13. The van der Waals surface area contributed by atoms with Gasteiger partial charge in [-0.2, -0.15) is 0 Å². The Morgan fingerprint density at radius 3 is 2.59 bits per heavy atom. The van der Waals surface area contributed by atoms with Crippen LogP contribution in [0, 0.1) is 0 Å². The van der Waals surface area contributed by atoms with Gasteiger partial charge in [-0.25, -0.2) is 0 Å². The highest BCUT2D eigenvalue weighted by atomic mass is 32.2. The SMILES string of the molecule is CCS[C@@H]([C@H](O)[C@H]1COC(C)(C)O1)S(=O)CC. The van der Waals surface area contributed by atoms with E-state index in [1.54, 1.807) is 0 Å². The summed E-state index contributed by atoms with van der Waals surface area (Å²) in [5.41, 5.74) is 0. The van der Waals surface area contributed by atoms with E-state index in [0.29, 0.717) is 12.4 Å². The molecule has 0 aromatic carbocycles. The second-order valence-corrected chi connectivity index (χ2v) is 7.91. The number of aliphatic hydroxyl groups is 1. The molecule has 0 saturated carbocycles. The van der Waals surface area contributed by atoms with Gasteiger partial charge >= 0.3 is 0 Å². The lowest BCUT2D eigenvalue weighted by Gasteiger charge is -2.26. The molecule has 1 unspecified atom stereocenters. The molecule has 1 rings (SSSR count). The molecule has 17 heavy (non-hydrogen) atoms. The first-order valence-electron chi connectivity index (χ1n) is 5.90. The van der Waals surface area contributed by atoms with E-state index < -0.39 is 22.7 Å². The van der Waals surface area contributed by atoms with E-state index in [2.05, 4.69) is 0 Å². The molecule has 4 nitrogen and oxygen atoms in total. The van der Waals surface area contributed by atoms with Crippen molar-refractivity contribution in [3.63, 3.8) is 0 Å². The van der Waals surface area contributed by atoms with Crippen molar-refractivity contribution in [2.45, 2.75) is 50.3 Å². The Kier molecular flexibility index (Phi) is 5.92. The zero-order chi connectivity index (χ0) is 13.1. The highest BCUT2D eigenvalue weighted by molar-refractivity contribution is 8.11. The fraction of sp³-hybridized carbons (Fsp3) is 1.00. The second kappa shape index (κ2) is 6.52. The van der Waals surface area contributed by atoms with Crippen LogP contribution in [0.3, 0.4) is 0 Å². The Morgan fingerprint density at radius 1 is 1.53 bits per heavy atom. The van der Waals surface area contributed by atoms with Crippen molar-refractivity contribution in [3.8, 4) is 0 Å².